The number of alkyl halides is 2. The van der Waals surface area contributed by atoms with Crippen molar-refractivity contribution in [2.45, 2.75) is 37.8 Å². The van der Waals surface area contributed by atoms with Gasteiger partial charge in [0.2, 0.25) is 0 Å². The summed E-state index contributed by atoms with van der Waals surface area (Å²) in [6, 6.07) is 0.674. The molecule has 1 unspecified atom stereocenters. The highest BCUT2D eigenvalue weighted by Gasteiger charge is 2.43. The molecule has 0 amide bonds. The summed E-state index contributed by atoms with van der Waals surface area (Å²) >= 11 is 8.95. The van der Waals surface area contributed by atoms with Crippen molar-refractivity contribution < 1.29 is 8.78 Å². The maximum Gasteiger partial charge on any atom is 0.305 e. The second kappa shape index (κ2) is 4.78. The fourth-order valence-electron chi connectivity index (χ4n) is 1.57. The Hall–Kier alpha value is -0.260. The predicted octanol–water partition coefficient (Wildman–Crippen LogP) is 3.73. The Morgan fingerprint density at radius 1 is 1.59 bits per heavy atom. The first-order valence-electron chi connectivity index (χ1n) is 5.36. The molecule has 0 bridgehead atoms. The van der Waals surface area contributed by atoms with E-state index in [1.165, 1.54) is 19.2 Å². The second-order valence-corrected chi connectivity index (χ2v) is 5.59. The van der Waals surface area contributed by atoms with E-state index in [-0.39, 0.29) is 16.8 Å². The average molecular weight is 326 g/mol. The molecule has 6 heteroatoms. The predicted molar refractivity (Wildman–Crippen MR) is 66.5 cm³/mol. The molecule has 2 rings (SSSR count). The van der Waals surface area contributed by atoms with Crippen LogP contribution in [0.25, 0.3) is 0 Å². The summed E-state index contributed by atoms with van der Waals surface area (Å²) in [6.45, 7) is 1.46. The first-order chi connectivity index (χ1) is 7.91. The molecule has 0 radical (unpaired) electrons. The highest BCUT2D eigenvalue weighted by molar-refractivity contribution is 9.10. The van der Waals surface area contributed by atoms with Crippen LogP contribution in [0.15, 0.2) is 16.7 Å². The molecule has 94 valence electrons. The number of hydrogen-bond acceptors (Lipinski definition) is 2. The van der Waals surface area contributed by atoms with E-state index in [4.69, 9.17) is 11.6 Å². The maximum atomic E-state index is 14.1. The number of nitrogens with one attached hydrogen (secondary N) is 1. The third-order valence-corrected chi connectivity index (χ3v) is 3.45. The summed E-state index contributed by atoms with van der Waals surface area (Å²) in [4.78, 5) is 3.73. The van der Waals surface area contributed by atoms with E-state index in [1.54, 1.807) is 0 Å². The Morgan fingerprint density at radius 2 is 2.24 bits per heavy atom. The minimum Gasteiger partial charge on any atom is -0.306 e. The van der Waals surface area contributed by atoms with Crippen LogP contribution in [-0.4, -0.2) is 17.1 Å². The lowest BCUT2D eigenvalue weighted by atomic mass is 10.1. The molecule has 1 saturated carbocycles. The van der Waals surface area contributed by atoms with Crippen molar-refractivity contribution in [3.8, 4) is 0 Å². The topological polar surface area (TPSA) is 24.9 Å². The molecule has 1 heterocycles. The zero-order valence-corrected chi connectivity index (χ0v) is 11.5. The number of rotatable bonds is 4. The molecule has 17 heavy (non-hydrogen) atoms. The zero-order chi connectivity index (χ0) is 12.6. The van der Waals surface area contributed by atoms with E-state index in [0.717, 1.165) is 12.8 Å². The lowest BCUT2D eigenvalue weighted by Crippen LogP contribution is -2.42. The highest BCUT2D eigenvalue weighted by Crippen LogP contribution is 2.37. The molecule has 1 aromatic rings. The maximum absolute atomic E-state index is 14.1. The fourth-order valence-corrected chi connectivity index (χ4v) is 2.33. The molecule has 1 aromatic heterocycles. The Labute approximate surface area is 112 Å². The molecular formula is C11H12BrClF2N2. The van der Waals surface area contributed by atoms with Crippen molar-refractivity contribution >= 4 is 27.5 Å². The highest BCUT2D eigenvalue weighted by atomic mass is 79.9. The van der Waals surface area contributed by atoms with Gasteiger partial charge in [-0.1, -0.05) is 11.6 Å². The van der Waals surface area contributed by atoms with Crippen LogP contribution in [0.2, 0.25) is 5.02 Å². The average Bonchev–Trinajstić information content (AvgIpc) is 3.00. The Kier molecular flexibility index (Phi) is 3.71. The van der Waals surface area contributed by atoms with Crippen molar-refractivity contribution in [2.24, 2.45) is 0 Å². The zero-order valence-electron chi connectivity index (χ0n) is 9.18. The SMILES string of the molecule is CC(NC1CC1)C(F)(F)c1ncc(Br)cc1Cl. The summed E-state index contributed by atoms with van der Waals surface area (Å²) in [6.07, 6.45) is 3.25. The van der Waals surface area contributed by atoms with Gasteiger partial charge in [-0.3, -0.25) is 4.98 Å². The van der Waals surface area contributed by atoms with Gasteiger partial charge in [0.1, 0.15) is 5.69 Å². The molecule has 0 spiro atoms. The van der Waals surface area contributed by atoms with Crippen LogP contribution in [-0.2, 0) is 5.92 Å². The van der Waals surface area contributed by atoms with Crippen LogP contribution < -0.4 is 5.32 Å². The number of nitrogens with zero attached hydrogens (tertiary/aromatic N) is 1. The molecule has 1 aliphatic rings. The summed E-state index contributed by atoms with van der Waals surface area (Å²) in [5.74, 6) is -3.07. The van der Waals surface area contributed by atoms with Gasteiger partial charge in [0, 0.05) is 16.7 Å². The third-order valence-electron chi connectivity index (χ3n) is 2.73. The number of pyridine rings is 1. The molecule has 0 aromatic carbocycles. The number of aromatic nitrogens is 1. The van der Waals surface area contributed by atoms with Gasteiger partial charge in [-0.2, -0.15) is 8.78 Å². The van der Waals surface area contributed by atoms with Gasteiger partial charge in [0.15, 0.2) is 0 Å². The van der Waals surface area contributed by atoms with Crippen molar-refractivity contribution in [3.05, 3.63) is 27.5 Å². The van der Waals surface area contributed by atoms with Crippen LogP contribution in [0.5, 0.6) is 0 Å². The fraction of sp³-hybridized carbons (Fsp3) is 0.545. The number of halogens is 4. The van der Waals surface area contributed by atoms with Gasteiger partial charge in [-0.25, -0.2) is 0 Å². The quantitative estimate of drug-likeness (QED) is 0.912. The molecular weight excluding hydrogens is 313 g/mol. The smallest absolute Gasteiger partial charge is 0.305 e. The summed E-state index contributed by atoms with van der Waals surface area (Å²) in [7, 11) is 0. The largest absolute Gasteiger partial charge is 0.306 e. The molecule has 2 nitrogen and oxygen atoms in total. The summed E-state index contributed by atoms with van der Waals surface area (Å²) < 4.78 is 28.8. The van der Waals surface area contributed by atoms with Crippen molar-refractivity contribution in [1.82, 2.24) is 10.3 Å². The Morgan fingerprint density at radius 3 is 2.76 bits per heavy atom. The van der Waals surface area contributed by atoms with Crippen LogP contribution in [0, 0.1) is 0 Å². The molecule has 0 aliphatic heterocycles. The normalized spacial score (nSPS) is 18.2. The van der Waals surface area contributed by atoms with Gasteiger partial charge >= 0.3 is 5.92 Å². The van der Waals surface area contributed by atoms with Gasteiger partial charge in [0.25, 0.3) is 0 Å². The van der Waals surface area contributed by atoms with Crippen molar-refractivity contribution in [3.63, 3.8) is 0 Å². The Balaban J connectivity index is 2.22. The van der Waals surface area contributed by atoms with Gasteiger partial charge in [0.05, 0.1) is 11.1 Å². The molecule has 0 saturated heterocycles. The van der Waals surface area contributed by atoms with E-state index in [9.17, 15) is 8.78 Å². The minimum atomic E-state index is -3.07. The van der Waals surface area contributed by atoms with Gasteiger partial charge in [-0.15, -0.1) is 0 Å². The van der Waals surface area contributed by atoms with Crippen LogP contribution in [0.3, 0.4) is 0 Å². The lowest BCUT2D eigenvalue weighted by Gasteiger charge is -2.24. The molecule has 1 N–H and O–H groups in total. The van der Waals surface area contributed by atoms with E-state index in [0.29, 0.717) is 4.47 Å². The standard InChI is InChI=1S/C11H12BrClF2N2/c1-6(17-8-2-3-8)11(14,15)10-9(13)4-7(12)5-16-10/h4-6,8,17H,2-3H2,1H3. The second-order valence-electron chi connectivity index (χ2n) is 4.27. The van der Waals surface area contributed by atoms with Crippen LogP contribution in [0.4, 0.5) is 8.78 Å². The van der Waals surface area contributed by atoms with Gasteiger partial charge in [-0.05, 0) is 41.8 Å². The summed E-state index contributed by atoms with van der Waals surface area (Å²) in [5.41, 5.74) is -0.372. The van der Waals surface area contributed by atoms with E-state index in [1.807, 2.05) is 0 Å². The molecule has 1 atom stereocenters. The van der Waals surface area contributed by atoms with Crippen molar-refractivity contribution in [2.75, 3.05) is 0 Å². The van der Waals surface area contributed by atoms with E-state index in [2.05, 4.69) is 26.2 Å². The monoisotopic (exact) mass is 324 g/mol. The van der Waals surface area contributed by atoms with Crippen LogP contribution >= 0.6 is 27.5 Å². The first kappa shape index (κ1) is 13.2. The lowest BCUT2D eigenvalue weighted by molar-refractivity contribution is -0.0422. The summed E-state index contributed by atoms with van der Waals surface area (Å²) in [5, 5.41) is 2.85. The Bertz CT molecular complexity index is 424. The molecule has 1 fully saturated rings. The van der Waals surface area contributed by atoms with Gasteiger partial charge < -0.3 is 5.32 Å². The van der Waals surface area contributed by atoms with E-state index < -0.39 is 12.0 Å². The van der Waals surface area contributed by atoms with Crippen LogP contribution in [0.1, 0.15) is 25.5 Å². The third kappa shape index (κ3) is 2.95. The molecule has 1 aliphatic carbocycles. The first-order valence-corrected chi connectivity index (χ1v) is 6.53. The minimum absolute atomic E-state index is 0.0196. The van der Waals surface area contributed by atoms with Crippen molar-refractivity contribution in [1.29, 1.82) is 0 Å². The van der Waals surface area contributed by atoms with E-state index >= 15 is 0 Å². The number of hydrogen-bond donors (Lipinski definition) is 1.